The van der Waals surface area contributed by atoms with Gasteiger partial charge < -0.3 is 19.9 Å². The summed E-state index contributed by atoms with van der Waals surface area (Å²) in [5.74, 6) is -0.419. The number of aliphatic hydroxyl groups is 1. The van der Waals surface area contributed by atoms with Crippen molar-refractivity contribution in [2.24, 2.45) is 0 Å². The zero-order chi connectivity index (χ0) is 13.4. The van der Waals surface area contributed by atoms with Crippen molar-refractivity contribution in [1.82, 2.24) is 10.3 Å². The molecule has 6 heteroatoms. The van der Waals surface area contributed by atoms with Crippen LogP contribution in [0.3, 0.4) is 0 Å². The number of hydrogen-bond acceptors (Lipinski definition) is 6. The van der Waals surface area contributed by atoms with Crippen LogP contribution in [0.5, 0.6) is 0 Å². The summed E-state index contributed by atoms with van der Waals surface area (Å²) >= 11 is 0. The van der Waals surface area contributed by atoms with E-state index >= 15 is 0 Å². The highest BCUT2D eigenvalue weighted by atomic mass is 16.5. The molecule has 0 aromatic carbocycles. The highest BCUT2D eigenvalue weighted by Crippen LogP contribution is 2.06. The van der Waals surface area contributed by atoms with Crippen molar-refractivity contribution in [2.75, 3.05) is 27.4 Å². The summed E-state index contributed by atoms with van der Waals surface area (Å²) in [6.07, 6.45) is 1.02. The van der Waals surface area contributed by atoms with Gasteiger partial charge >= 0.3 is 5.97 Å². The summed E-state index contributed by atoms with van der Waals surface area (Å²) in [6.45, 7) is 1.01. The Morgan fingerprint density at radius 2 is 2.33 bits per heavy atom. The Hall–Kier alpha value is -1.50. The van der Waals surface area contributed by atoms with E-state index in [9.17, 15) is 9.90 Å². The van der Waals surface area contributed by atoms with Gasteiger partial charge in [-0.25, -0.2) is 4.79 Å². The van der Waals surface area contributed by atoms with E-state index in [2.05, 4.69) is 15.0 Å². The molecule has 18 heavy (non-hydrogen) atoms. The molecule has 0 radical (unpaired) electrons. The Kier molecular flexibility index (Phi) is 6.27. The SMILES string of the molecule is COCC(O)CNCc1ncccc1C(=O)OC. The van der Waals surface area contributed by atoms with Crippen LogP contribution in [0.25, 0.3) is 0 Å². The van der Waals surface area contributed by atoms with Gasteiger partial charge in [0, 0.05) is 26.4 Å². The molecule has 0 aliphatic heterocycles. The Labute approximate surface area is 106 Å². The molecule has 0 spiro atoms. The number of carbonyl (C=O) groups excluding carboxylic acids is 1. The number of ether oxygens (including phenoxy) is 2. The fraction of sp³-hybridized carbons (Fsp3) is 0.500. The second-order valence-electron chi connectivity index (χ2n) is 3.73. The van der Waals surface area contributed by atoms with Crippen molar-refractivity contribution in [2.45, 2.75) is 12.6 Å². The minimum absolute atomic E-state index is 0.263. The second kappa shape index (κ2) is 7.75. The van der Waals surface area contributed by atoms with E-state index in [1.165, 1.54) is 14.2 Å². The molecule has 0 bridgehead atoms. The van der Waals surface area contributed by atoms with Crippen molar-refractivity contribution >= 4 is 5.97 Å². The Balaban J connectivity index is 2.54. The summed E-state index contributed by atoms with van der Waals surface area (Å²) in [7, 11) is 2.85. The van der Waals surface area contributed by atoms with Crippen LogP contribution in [-0.4, -0.2) is 49.5 Å². The smallest absolute Gasteiger partial charge is 0.339 e. The third-order valence-electron chi connectivity index (χ3n) is 2.33. The van der Waals surface area contributed by atoms with E-state index in [4.69, 9.17) is 4.74 Å². The van der Waals surface area contributed by atoms with Gasteiger partial charge in [0.25, 0.3) is 0 Å². The average Bonchev–Trinajstić information content (AvgIpc) is 2.39. The van der Waals surface area contributed by atoms with E-state index < -0.39 is 12.1 Å². The maximum absolute atomic E-state index is 11.5. The van der Waals surface area contributed by atoms with Gasteiger partial charge in [0.15, 0.2) is 0 Å². The van der Waals surface area contributed by atoms with Crippen molar-refractivity contribution in [3.8, 4) is 0 Å². The van der Waals surface area contributed by atoms with Crippen LogP contribution in [0.2, 0.25) is 0 Å². The number of aromatic nitrogens is 1. The van der Waals surface area contributed by atoms with E-state index in [0.717, 1.165) is 0 Å². The van der Waals surface area contributed by atoms with Crippen molar-refractivity contribution in [3.05, 3.63) is 29.6 Å². The first kappa shape index (κ1) is 14.6. The van der Waals surface area contributed by atoms with Crippen molar-refractivity contribution in [3.63, 3.8) is 0 Å². The molecule has 1 heterocycles. The molecule has 1 atom stereocenters. The number of rotatable bonds is 7. The number of aliphatic hydroxyl groups excluding tert-OH is 1. The van der Waals surface area contributed by atoms with Gasteiger partial charge in [-0.15, -0.1) is 0 Å². The van der Waals surface area contributed by atoms with Gasteiger partial charge in [-0.2, -0.15) is 0 Å². The van der Waals surface area contributed by atoms with Crippen LogP contribution in [0, 0.1) is 0 Å². The number of carbonyl (C=O) groups is 1. The molecular formula is C12H18N2O4. The van der Waals surface area contributed by atoms with Crippen LogP contribution in [0.1, 0.15) is 16.1 Å². The molecular weight excluding hydrogens is 236 g/mol. The minimum atomic E-state index is -0.583. The van der Waals surface area contributed by atoms with Crippen LogP contribution in [-0.2, 0) is 16.0 Å². The van der Waals surface area contributed by atoms with E-state index in [1.807, 2.05) is 0 Å². The van der Waals surface area contributed by atoms with Gasteiger partial charge in [-0.05, 0) is 12.1 Å². The third-order valence-corrected chi connectivity index (χ3v) is 2.33. The van der Waals surface area contributed by atoms with Gasteiger partial charge in [0.05, 0.1) is 31.1 Å². The summed E-state index contributed by atoms with van der Waals surface area (Å²) < 4.78 is 9.47. The minimum Gasteiger partial charge on any atom is -0.465 e. The van der Waals surface area contributed by atoms with Gasteiger partial charge in [0.2, 0.25) is 0 Å². The molecule has 1 unspecified atom stereocenters. The average molecular weight is 254 g/mol. The largest absolute Gasteiger partial charge is 0.465 e. The summed E-state index contributed by atoms with van der Waals surface area (Å²) in [4.78, 5) is 15.6. The molecule has 0 fully saturated rings. The fourth-order valence-electron chi connectivity index (χ4n) is 1.48. The predicted molar refractivity (Wildman–Crippen MR) is 65.2 cm³/mol. The van der Waals surface area contributed by atoms with Crippen LogP contribution >= 0.6 is 0 Å². The first-order chi connectivity index (χ1) is 8.69. The Morgan fingerprint density at radius 3 is 3.00 bits per heavy atom. The number of pyridine rings is 1. The van der Waals surface area contributed by atoms with Crippen LogP contribution in [0.4, 0.5) is 0 Å². The highest BCUT2D eigenvalue weighted by Gasteiger charge is 2.12. The summed E-state index contributed by atoms with van der Waals surface area (Å²) in [5.41, 5.74) is 1.02. The number of methoxy groups -OCH3 is 2. The van der Waals surface area contributed by atoms with Gasteiger partial charge in [0.1, 0.15) is 0 Å². The molecule has 6 nitrogen and oxygen atoms in total. The molecule has 0 saturated carbocycles. The Bertz CT molecular complexity index is 384. The van der Waals surface area contributed by atoms with Crippen LogP contribution < -0.4 is 5.32 Å². The topological polar surface area (TPSA) is 80.7 Å². The summed E-state index contributed by atoms with van der Waals surface area (Å²) in [6, 6.07) is 3.33. The predicted octanol–water partition coefficient (Wildman–Crippen LogP) is -0.0349. The molecule has 0 aliphatic rings. The number of nitrogens with zero attached hydrogens (tertiary/aromatic N) is 1. The zero-order valence-corrected chi connectivity index (χ0v) is 10.5. The maximum atomic E-state index is 11.5. The molecule has 1 rings (SSSR count). The number of hydrogen-bond donors (Lipinski definition) is 2. The lowest BCUT2D eigenvalue weighted by Crippen LogP contribution is -2.30. The first-order valence-electron chi connectivity index (χ1n) is 5.59. The normalized spacial score (nSPS) is 12.2. The number of nitrogens with one attached hydrogen (secondary N) is 1. The zero-order valence-electron chi connectivity index (χ0n) is 10.5. The lowest BCUT2D eigenvalue weighted by Gasteiger charge is -2.11. The molecule has 2 N–H and O–H groups in total. The van der Waals surface area contributed by atoms with Crippen LogP contribution in [0.15, 0.2) is 18.3 Å². The summed E-state index contributed by atoms with van der Waals surface area (Å²) in [5, 5.41) is 12.5. The molecule has 100 valence electrons. The number of esters is 1. The van der Waals surface area contributed by atoms with E-state index in [0.29, 0.717) is 24.3 Å². The highest BCUT2D eigenvalue weighted by molar-refractivity contribution is 5.90. The quantitative estimate of drug-likeness (QED) is 0.665. The maximum Gasteiger partial charge on any atom is 0.339 e. The van der Waals surface area contributed by atoms with Crippen molar-refractivity contribution < 1.29 is 19.4 Å². The van der Waals surface area contributed by atoms with E-state index in [1.54, 1.807) is 18.3 Å². The second-order valence-corrected chi connectivity index (χ2v) is 3.73. The molecule has 0 aliphatic carbocycles. The third kappa shape index (κ3) is 4.40. The lowest BCUT2D eigenvalue weighted by molar-refractivity contribution is 0.0597. The Morgan fingerprint density at radius 1 is 1.56 bits per heavy atom. The molecule has 0 saturated heterocycles. The molecule has 0 amide bonds. The van der Waals surface area contributed by atoms with Gasteiger partial charge in [-0.1, -0.05) is 0 Å². The molecule has 1 aromatic heterocycles. The van der Waals surface area contributed by atoms with Gasteiger partial charge in [-0.3, -0.25) is 4.98 Å². The lowest BCUT2D eigenvalue weighted by atomic mass is 10.2. The van der Waals surface area contributed by atoms with E-state index in [-0.39, 0.29) is 6.61 Å². The fourth-order valence-corrected chi connectivity index (χ4v) is 1.48. The monoisotopic (exact) mass is 254 g/mol. The standard InChI is InChI=1S/C12H18N2O4/c1-17-8-9(15)6-13-7-11-10(12(16)18-2)4-3-5-14-11/h3-5,9,13,15H,6-8H2,1-2H3. The first-order valence-corrected chi connectivity index (χ1v) is 5.59. The van der Waals surface area contributed by atoms with Crippen molar-refractivity contribution in [1.29, 1.82) is 0 Å². The molecule has 1 aromatic rings.